The third-order valence-corrected chi connectivity index (χ3v) is 3.62. The van der Waals surface area contributed by atoms with Gasteiger partial charge in [-0.3, -0.25) is 4.57 Å². The van der Waals surface area contributed by atoms with E-state index in [0.29, 0.717) is 6.42 Å². The normalized spacial score (nSPS) is 11.6. The van der Waals surface area contributed by atoms with Crippen molar-refractivity contribution in [3.05, 3.63) is 35.4 Å². The number of ether oxygens (including phenoxy) is 1. The Labute approximate surface area is 126 Å². The molecule has 1 unspecified atom stereocenters. The zero-order chi connectivity index (χ0) is 16.5. The van der Waals surface area contributed by atoms with E-state index < -0.39 is 39.1 Å². The first-order valence-corrected chi connectivity index (χ1v) is 7.76. The van der Waals surface area contributed by atoms with Gasteiger partial charge in [-0.2, -0.15) is 0 Å². The van der Waals surface area contributed by atoms with Crippen molar-refractivity contribution in [1.29, 1.82) is 0 Å². The van der Waals surface area contributed by atoms with Gasteiger partial charge in [0.25, 0.3) is 0 Å². The Balaban J connectivity index is 2.44. The van der Waals surface area contributed by atoms with E-state index in [9.17, 15) is 18.9 Å². The molecule has 0 aromatic heterocycles. The lowest BCUT2D eigenvalue weighted by molar-refractivity contribution is -0.140. The number of rotatable bonds is 9. The van der Waals surface area contributed by atoms with E-state index in [1.165, 1.54) is 12.1 Å². The maximum Gasteiger partial charge on any atom is 0.341 e. The van der Waals surface area contributed by atoms with Crippen LogP contribution in [0, 0.1) is 0 Å². The van der Waals surface area contributed by atoms with Crippen molar-refractivity contribution in [3.63, 3.8) is 0 Å². The van der Waals surface area contributed by atoms with Gasteiger partial charge < -0.3 is 19.5 Å². The van der Waals surface area contributed by atoms with Crippen molar-refractivity contribution in [2.75, 3.05) is 19.4 Å². The Kier molecular flexibility index (Phi) is 7.28. The van der Waals surface area contributed by atoms with E-state index in [2.05, 4.69) is 9.26 Å². The van der Waals surface area contributed by atoms with Crippen LogP contribution in [0.3, 0.4) is 0 Å². The molecule has 0 fully saturated rings. The summed E-state index contributed by atoms with van der Waals surface area (Å²) in [4.78, 5) is 32.0. The lowest BCUT2D eigenvalue weighted by Gasteiger charge is -2.05. The molecule has 0 heterocycles. The molecule has 0 radical (unpaired) electrons. The molecule has 120 valence electrons. The molecule has 9 heteroatoms. The van der Waals surface area contributed by atoms with Crippen LogP contribution < -0.4 is 0 Å². The van der Waals surface area contributed by atoms with E-state index in [1.54, 1.807) is 12.1 Å². The number of carboxylic acid groups (broad SMARTS) is 2. The molecule has 2 N–H and O–H groups in total. The molecular weight excluding hydrogens is 315 g/mol. The fourth-order valence-corrected chi connectivity index (χ4v) is 2.40. The molecule has 0 amide bonds. The minimum absolute atomic E-state index is 0.195. The highest BCUT2D eigenvalue weighted by atomic mass is 31.1. The van der Waals surface area contributed by atoms with Gasteiger partial charge in [-0.1, -0.05) is 12.1 Å². The molecule has 0 aliphatic rings. The number of carboxylic acids is 2. The summed E-state index contributed by atoms with van der Waals surface area (Å²) in [6.07, 6.45) is 0.600. The zero-order valence-corrected chi connectivity index (χ0v) is 12.5. The first kappa shape index (κ1) is 17.9. The quantitative estimate of drug-likeness (QED) is 0.508. The fourth-order valence-electron chi connectivity index (χ4n) is 1.48. The van der Waals surface area contributed by atoms with Gasteiger partial charge >= 0.3 is 17.9 Å². The summed E-state index contributed by atoms with van der Waals surface area (Å²) in [5.41, 5.74) is 0.992. The van der Waals surface area contributed by atoms with Gasteiger partial charge in [-0.05, 0) is 24.1 Å². The van der Waals surface area contributed by atoms with E-state index >= 15 is 0 Å². The molecule has 0 saturated heterocycles. The average molecular weight is 330 g/mol. The Morgan fingerprint density at radius 3 is 2.14 bits per heavy atom. The second kappa shape index (κ2) is 8.96. The molecule has 22 heavy (non-hydrogen) atoms. The van der Waals surface area contributed by atoms with Crippen LogP contribution in [0.2, 0.25) is 0 Å². The lowest BCUT2D eigenvalue weighted by atomic mass is 10.1. The molecular formula is C13H15O8P. The third-order valence-electron chi connectivity index (χ3n) is 2.49. The van der Waals surface area contributed by atoms with Gasteiger partial charge in [0.1, 0.15) is 0 Å². The molecule has 1 aromatic rings. The number of esters is 1. The monoisotopic (exact) mass is 330 g/mol. The molecule has 1 aromatic carbocycles. The molecule has 0 aliphatic carbocycles. The topological polar surface area (TPSA) is 127 Å². The first-order valence-electron chi connectivity index (χ1n) is 6.23. The third kappa shape index (κ3) is 7.01. The number of aryl methyl sites for hydroxylation is 1. The Morgan fingerprint density at radius 1 is 1.00 bits per heavy atom. The van der Waals surface area contributed by atoms with E-state index in [-0.39, 0.29) is 11.7 Å². The maximum absolute atomic E-state index is 11.5. The minimum Gasteiger partial charge on any atom is -0.480 e. The summed E-state index contributed by atoms with van der Waals surface area (Å²) in [6, 6.07) is 6.16. The SMILES string of the molecule is O=C(O)COC(=O)c1ccc(CC[PH](=O)OCC(=O)O)cc1. The predicted octanol–water partition coefficient (Wildman–Crippen LogP) is 1.05. The standard InChI is InChI=1S/C13H15O8P/c14-11(15)7-20-13(18)10-3-1-9(2-4-10)5-6-22(19)21-8-12(16)17/h1-4,22H,5-8H2,(H,14,15)(H,16,17). The van der Waals surface area contributed by atoms with E-state index in [1.807, 2.05) is 0 Å². The molecule has 0 aliphatic heterocycles. The van der Waals surface area contributed by atoms with Crippen LogP contribution in [0.4, 0.5) is 0 Å². The summed E-state index contributed by atoms with van der Waals surface area (Å²) < 4.78 is 20.6. The average Bonchev–Trinajstić information content (AvgIpc) is 2.49. The molecule has 0 saturated carbocycles. The van der Waals surface area contributed by atoms with Gasteiger partial charge in [0.05, 0.1) is 5.56 Å². The minimum atomic E-state index is -2.41. The highest BCUT2D eigenvalue weighted by Crippen LogP contribution is 2.23. The first-order chi connectivity index (χ1) is 10.4. The van der Waals surface area contributed by atoms with E-state index in [4.69, 9.17) is 10.2 Å². The second-order valence-electron chi connectivity index (χ2n) is 4.22. The number of hydrogen-bond acceptors (Lipinski definition) is 6. The Morgan fingerprint density at radius 2 is 1.59 bits per heavy atom. The van der Waals surface area contributed by atoms with Crippen LogP contribution in [0.5, 0.6) is 0 Å². The summed E-state index contributed by atoms with van der Waals surface area (Å²) in [5.74, 6) is -3.16. The van der Waals surface area contributed by atoms with Gasteiger partial charge in [-0.25, -0.2) is 14.4 Å². The van der Waals surface area contributed by atoms with Crippen molar-refractivity contribution in [1.82, 2.24) is 0 Å². The number of hydrogen-bond donors (Lipinski definition) is 2. The summed E-state index contributed by atoms with van der Waals surface area (Å²) in [5, 5.41) is 16.8. The summed E-state index contributed by atoms with van der Waals surface area (Å²) in [7, 11) is -2.41. The van der Waals surface area contributed by atoms with Gasteiger partial charge in [-0.15, -0.1) is 0 Å². The van der Waals surface area contributed by atoms with Crippen molar-refractivity contribution < 1.29 is 38.4 Å². The van der Waals surface area contributed by atoms with Gasteiger partial charge in [0, 0.05) is 6.16 Å². The highest BCUT2D eigenvalue weighted by Gasteiger charge is 2.09. The summed E-state index contributed by atoms with van der Waals surface area (Å²) in [6.45, 7) is -1.30. The fraction of sp³-hybridized carbons (Fsp3) is 0.308. The Bertz CT molecular complexity index is 566. The van der Waals surface area contributed by atoms with Crippen LogP contribution in [0.25, 0.3) is 0 Å². The maximum atomic E-state index is 11.5. The molecule has 0 spiro atoms. The van der Waals surface area contributed by atoms with Crippen molar-refractivity contribution >= 4 is 25.9 Å². The molecule has 1 atom stereocenters. The second-order valence-corrected chi connectivity index (χ2v) is 5.75. The van der Waals surface area contributed by atoms with Gasteiger partial charge in [0.2, 0.25) is 0 Å². The number of carbonyl (C=O) groups excluding carboxylic acids is 1. The van der Waals surface area contributed by atoms with Crippen molar-refractivity contribution in [3.8, 4) is 0 Å². The van der Waals surface area contributed by atoms with Crippen LogP contribution in [-0.4, -0.2) is 47.5 Å². The molecule has 1 rings (SSSR count). The van der Waals surface area contributed by atoms with Crippen molar-refractivity contribution in [2.24, 2.45) is 0 Å². The number of benzene rings is 1. The lowest BCUT2D eigenvalue weighted by Crippen LogP contribution is -2.13. The molecule has 0 bridgehead atoms. The number of aliphatic carboxylic acids is 2. The van der Waals surface area contributed by atoms with E-state index in [0.717, 1.165) is 5.56 Å². The van der Waals surface area contributed by atoms with Gasteiger partial charge in [0.15, 0.2) is 21.2 Å². The smallest absolute Gasteiger partial charge is 0.341 e. The summed E-state index contributed by atoms with van der Waals surface area (Å²) >= 11 is 0. The Hall–Kier alpha value is -2.18. The highest BCUT2D eigenvalue weighted by molar-refractivity contribution is 7.39. The number of carbonyl (C=O) groups is 3. The zero-order valence-electron chi connectivity index (χ0n) is 11.5. The largest absolute Gasteiger partial charge is 0.480 e. The van der Waals surface area contributed by atoms with Crippen LogP contribution >= 0.6 is 8.03 Å². The van der Waals surface area contributed by atoms with Crippen LogP contribution in [0.15, 0.2) is 24.3 Å². The predicted molar refractivity (Wildman–Crippen MR) is 75.5 cm³/mol. The van der Waals surface area contributed by atoms with Crippen LogP contribution in [0.1, 0.15) is 15.9 Å². The molecule has 8 nitrogen and oxygen atoms in total. The van der Waals surface area contributed by atoms with Crippen LogP contribution in [-0.2, 0) is 29.8 Å². The van der Waals surface area contributed by atoms with Crippen molar-refractivity contribution in [2.45, 2.75) is 6.42 Å².